The zero-order chi connectivity index (χ0) is 9.98. The molecule has 0 nitrogen and oxygen atoms in total. The molecule has 0 aliphatic rings. The molecule has 0 saturated heterocycles. The van der Waals surface area contributed by atoms with E-state index in [0.717, 1.165) is 0 Å². The lowest BCUT2D eigenvalue weighted by molar-refractivity contribution is 1.39. The van der Waals surface area contributed by atoms with Gasteiger partial charge in [0, 0.05) is 0 Å². The summed E-state index contributed by atoms with van der Waals surface area (Å²) < 4.78 is 0. The molecule has 0 saturated carbocycles. The predicted octanol–water partition coefficient (Wildman–Crippen LogP) is 4.99. The summed E-state index contributed by atoms with van der Waals surface area (Å²) in [6.45, 7) is 12.2. The van der Waals surface area contributed by atoms with Crippen LogP contribution < -0.4 is 0 Å². The summed E-state index contributed by atoms with van der Waals surface area (Å²) in [5.41, 5.74) is 2.68. The molecule has 0 aliphatic carbocycles. The van der Waals surface area contributed by atoms with Crippen LogP contribution in [0, 0.1) is 13.8 Å². The average molecular weight is 182 g/mol. The summed E-state index contributed by atoms with van der Waals surface area (Å²) in [5.74, 6) is 0. The van der Waals surface area contributed by atoms with E-state index in [1.807, 2.05) is 27.7 Å². The molecule has 0 aliphatic heterocycles. The number of rotatable bonds is 0. The van der Waals surface area contributed by atoms with Crippen LogP contribution in [0.5, 0.6) is 0 Å². The Morgan fingerprint density at radius 1 is 0.769 bits per heavy atom. The molecule has 1 aromatic rings. The van der Waals surface area contributed by atoms with Crippen molar-refractivity contribution in [1.29, 1.82) is 0 Å². The van der Waals surface area contributed by atoms with Gasteiger partial charge in [-0.25, -0.2) is 0 Å². The highest BCUT2D eigenvalue weighted by molar-refractivity contribution is 5.20. The first-order chi connectivity index (χ1) is 5.79. The minimum atomic E-state index is 0. The lowest BCUT2D eigenvalue weighted by Gasteiger charge is -1.90. The summed E-state index contributed by atoms with van der Waals surface area (Å²) in [6, 6.07) is 8.45. The minimum Gasteiger partial charge on any atom is -0.0776 e. The molecule has 0 fully saturated rings. The van der Waals surface area contributed by atoms with E-state index in [1.54, 1.807) is 0 Å². The molecule has 0 aromatic heterocycles. The third-order valence-corrected chi connectivity index (χ3v) is 1.17. The fraction of sp³-hybridized carbons (Fsp3) is 0.538. The zero-order valence-corrected chi connectivity index (χ0v) is 9.31. The van der Waals surface area contributed by atoms with Gasteiger partial charge in [0.05, 0.1) is 0 Å². The number of hydrogen-bond acceptors (Lipinski definition) is 0. The first-order valence-electron chi connectivity index (χ1n) is 4.82. The normalized spacial score (nSPS) is 6.62. The molecule has 0 heteroatoms. The molecule has 0 bridgehead atoms. The predicted molar refractivity (Wildman–Crippen MR) is 65.3 cm³/mol. The summed E-state index contributed by atoms with van der Waals surface area (Å²) >= 11 is 0. The van der Waals surface area contributed by atoms with Crippen LogP contribution in [0.25, 0.3) is 0 Å². The second-order valence-electron chi connectivity index (χ2n) is 2.16. The molecular weight excluding hydrogens is 156 g/mol. The maximum atomic E-state index is 2.17. The van der Waals surface area contributed by atoms with Crippen molar-refractivity contribution in [3.8, 4) is 0 Å². The third kappa shape index (κ3) is 11.2. The third-order valence-electron chi connectivity index (χ3n) is 1.17. The van der Waals surface area contributed by atoms with Crippen molar-refractivity contribution in [3.63, 3.8) is 0 Å². The summed E-state index contributed by atoms with van der Waals surface area (Å²) in [6.07, 6.45) is 0. The molecule has 0 amide bonds. The van der Waals surface area contributed by atoms with Crippen molar-refractivity contribution in [2.75, 3.05) is 0 Å². The SMILES string of the molecule is C.CC.CC.Cc1cccc(C)c1. The highest BCUT2D eigenvalue weighted by atomic mass is 13.9. The molecule has 0 N–H and O–H groups in total. The van der Waals surface area contributed by atoms with E-state index in [0.29, 0.717) is 0 Å². The number of aryl methyl sites for hydroxylation is 2. The Hall–Kier alpha value is -0.780. The molecule has 0 radical (unpaired) electrons. The van der Waals surface area contributed by atoms with E-state index in [1.165, 1.54) is 11.1 Å². The van der Waals surface area contributed by atoms with Crippen molar-refractivity contribution in [2.45, 2.75) is 49.0 Å². The van der Waals surface area contributed by atoms with Gasteiger partial charge in [-0.3, -0.25) is 0 Å². The number of benzene rings is 1. The van der Waals surface area contributed by atoms with Crippen molar-refractivity contribution in [2.24, 2.45) is 0 Å². The van der Waals surface area contributed by atoms with Gasteiger partial charge in [0.1, 0.15) is 0 Å². The van der Waals surface area contributed by atoms with Crippen molar-refractivity contribution in [3.05, 3.63) is 35.4 Å². The monoisotopic (exact) mass is 182 g/mol. The van der Waals surface area contributed by atoms with E-state index in [2.05, 4.69) is 38.1 Å². The largest absolute Gasteiger partial charge is 0.0776 e. The summed E-state index contributed by atoms with van der Waals surface area (Å²) in [4.78, 5) is 0. The maximum absolute atomic E-state index is 2.17. The highest BCUT2D eigenvalue weighted by Gasteiger charge is 1.80. The molecule has 0 heterocycles. The fourth-order valence-corrected chi connectivity index (χ4v) is 0.807. The quantitative estimate of drug-likeness (QED) is 0.530. The molecular formula is C13H26. The molecule has 0 spiro atoms. The van der Waals surface area contributed by atoms with E-state index in [9.17, 15) is 0 Å². The fourth-order valence-electron chi connectivity index (χ4n) is 0.807. The lowest BCUT2D eigenvalue weighted by atomic mass is 10.2. The van der Waals surface area contributed by atoms with Crippen LogP contribution in [-0.2, 0) is 0 Å². The second-order valence-corrected chi connectivity index (χ2v) is 2.16. The topological polar surface area (TPSA) is 0 Å². The maximum Gasteiger partial charge on any atom is -0.0398 e. The smallest absolute Gasteiger partial charge is 0.0398 e. The van der Waals surface area contributed by atoms with E-state index in [4.69, 9.17) is 0 Å². The van der Waals surface area contributed by atoms with Crippen LogP contribution in [0.1, 0.15) is 46.2 Å². The Bertz CT molecular complexity index is 160. The van der Waals surface area contributed by atoms with Crippen molar-refractivity contribution >= 4 is 0 Å². The lowest BCUT2D eigenvalue weighted by Crippen LogP contribution is -1.71. The molecule has 13 heavy (non-hydrogen) atoms. The first kappa shape index (κ1) is 18.1. The van der Waals surface area contributed by atoms with Crippen LogP contribution in [0.4, 0.5) is 0 Å². The molecule has 78 valence electrons. The van der Waals surface area contributed by atoms with Gasteiger partial charge in [-0.15, -0.1) is 0 Å². The Morgan fingerprint density at radius 2 is 1.08 bits per heavy atom. The van der Waals surface area contributed by atoms with E-state index in [-0.39, 0.29) is 7.43 Å². The first-order valence-corrected chi connectivity index (χ1v) is 4.82. The van der Waals surface area contributed by atoms with Gasteiger partial charge in [-0.2, -0.15) is 0 Å². The van der Waals surface area contributed by atoms with Crippen LogP contribution in [0.2, 0.25) is 0 Å². The number of hydrogen-bond donors (Lipinski definition) is 0. The standard InChI is InChI=1S/C8H10.2C2H6.CH4/c1-7-4-3-5-8(2)6-7;2*1-2;/h3-6H,1-2H3;2*1-2H3;1H4. The van der Waals surface area contributed by atoms with Gasteiger partial charge in [0.2, 0.25) is 0 Å². The summed E-state index contributed by atoms with van der Waals surface area (Å²) in [5, 5.41) is 0. The molecule has 0 unspecified atom stereocenters. The molecule has 1 aromatic carbocycles. The Kier molecular flexibility index (Phi) is 19.2. The summed E-state index contributed by atoms with van der Waals surface area (Å²) in [7, 11) is 0. The van der Waals surface area contributed by atoms with Crippen LogP contribution >= 0.6 is 0 Å². The highest BCUT2D eigenvalue weighted by Crippen LogP contribution is 2.00. The van der Waals surface area contributed by atoms with Crippen LogP contribution in [-0.4, -0.2) is 0 Å². The van der Waals surface area contributed by atoms with E-state index >= 15 is 0 Å². The van der Waals surface area contributed by atoms with Crippen LogP contribution in [0.15, 0.2) is 24.3 Å². The van der Waals surface area contributed by atoms with Crippen LogP contribution in [0.3, 0.4) is 0 Å². The Balaban J connectivity index is -0.000000178. The van der Waals surface area contributed by atoms with Gasteiger partial charge >= 0.3 is 0 Å². The van der Waals surface area contributed by atoms with Gasteiger partial charge in [-0.1, -0.05) is 70.5 Å². The van der Waals surface area contributed by atoms with Gasteiger partial charge in [0.25, 0.3) is 0 Å². The average Bonchev–Trinajstić information content (AvgIpc) is 2.11. The van der Waals surface area contributed by atoms with Crippen molar-refractivity contribution < 1.29 is 0 Å². The van der Waals surface area contributed by atoms with E-state index < -0.39 is 0 Å². The zero-order valence-electron chi connectivity index (χ0n) is 9.31. The Morgan fingerprint density at radius 3 is 1.23 bits per heavy atom. The Labute approximate surface area is 85.0 Å². The van der Waals surface area contributed by atoms with Gasteiger partial charge < -0.3 is 0 Å². The molecule has 0 atom stereocenters. The molecule has 1 rings (SSSR count). The van der Waals surface area contributed by atoms with Gasteiger partial charge in [0.15, 0.2) is 0 Å². The second kappa shape index (κ2) is 13.8. The minimum absolute atomic E-state index is 0. The van der Waals surface area contributed by atoms with Gasteiger partial charge in [-0.05, 0) is 13.8 Å². The van der Waals surface area contributed by atoms with Crippen molar-refractivity contribution in [1.82, 2.24) is 0 Å².